The van der Waals surface area contributed by atoms with Gasteiger partial charge in [-0.3, -0.25) is 14.9 Å². The average Bonchev–Trinajstić information content (AvgIpc) is 3.30. The fourth-order valence-corrected chi connectivity index (χ4v) is 4.09. The number of anilines is 2. The van der Waals surface area contributed by atoms with Gasteiger partial charge in [0, 0.05) is 35.3 Å². The summed E-state index contributed by atoms with van der Waals surface area (Å²) < 4.78 is 21.5. The zero-order chi connectivity index (χ0) is 29.0. The molecule has 0 bridgehead atoms. The Bertz CT molecular complexity index is 1570. The van der Waals surface area contributed by atoms with Crippen LogP contribution >= 0.6 is 0 Å². The van der Waals surface area contributed by atoms with E-state index in [2.05, 4.69) is 15.6 Å². The van der Waals surface area contributed by atoms with Crippen molar-refractivity contribution in [2.75, 3.05) is 10.6 Å². The van der Waals surface area contributed by atoms with Gasteiger partial charge in [-0.05, 0) is 63.6 Å². The Labute approximate surface area is 230 Å². The van der Waals surface area contributed by atoms with Crippen LogP contribution in [0.25, 0.3) is 16.8 Å². The molecule has 0 aliphatic heterocycles. The summed E-state index contributed by atoms with van der Waals surface area (Å²) in [7, 11) is 0. The minimum absolute atomic E-state index is 0.0518. The molecule has 40 heavy (non-hydrogen) atoms. The third kappa shape index (κ3) is 6.90. The predicted octanol–water partition coefficient (Wildman–Crippen LogP) is 6.47. The van der Waals surface area contributed by atoms with Gasteiger partial charge in [-0.25, -0.2) is 14.2 Å². The molecule has 4 rings (SSSR count). The van der Waals surface area contributed by atoms with Crippen molar-refractivity contribution >= 4 is 29.2 Å². The highest BCUT2D eigenvalue weighted by Gasteiger charge is 2.21. The molecule has 0 aliphatic carbocycles. The Hall–Kier alpha value is -4.99. The highest BCUT2D eigenvalue weighted by Crippen LogP contribution is 2.39. The van der Waals surface area contributed by atoms with Crippen molar-refractivity contribution in [1.82, 2.24) is 9.55 Å². The standard InChI is InChI=1S/C30H29FN4O5/c1-18-32-12-13-35(18)22-7-5-6-20(14-22)26(36)17-28(37)33-24-15-23(19-8-10-21(31)11-9-19)27(40-30(2,3)4)16-25(24)34-29(38)39/h5-16,34H,17H2,1-4H3,(H,33,37)(H,38,39). The number of aromatic nitrogens is 2. The molecule has 0 radical (unpaired) electrons. The molecule has 10 heteroatoms. The van der Waals surface area contributed by atoms with Crippen LogP contribution in [0.2, 0.25) is 0 Å². The average molecular weight is 545 g/mol. The monoisotopic (exact) mass is 544 g/mol. The van der Waals surface area contributed by atoms with Gasteiger partial charge in [0.25, 0.3) is 0 Å². The molecule has 4 aromatic rings. The summed E-state index contributed by atoms with van der Waals surface area (Å²) in [5.41, 5.74) is 1.67. The molecular formula is C30H29FN4O5. The van der Waals surface area contributed by atoms with Gasteiger partial charge >= 0.3 is 6.09 Å². The summed E-state index contributed by atoms with van der Waals surface area (Å²) >= 11 is 0. The second-order valence-corrected chi connectivity index (χ2v) is 10.1. The lowest BCUT2D eigenvalue weighted by molar-refractivity contribution is -0.115. The third-order valence-electron chi connectivity index (χ3n) is 5.80. The van der Waals surface area contributed by atoms with Crippen molar-refractivity contribution in [2.45, 2.75) is 39.7 Å². The van der Waals surface area contributed by atoms with Gasteiger partial charge in [0.15, 0.2) is 5.78 Å². The maximum Gasteiger partial charge on any atom is 0.409 e. The lowest BCUT2D eigenvalue weighted by Gasteiger charge is -2.25. The molecule has 0 aliphatic rings. The zero-order valence-corrected chi connectivity index (χ0v) is 22.5. The smallest absolute Gasteiger partial charge is 0.409 e. The predicted molar refractivity (Wildman–Crippen MR) is 150 cm³/mol. The summed E-state index contributed by atoms with van der Waals surface area (Å²) in [6, 6.07) is 15.5. The lowest BCUT2D eigenvalue weighted by Crippen LogP contribution is -2.24. The van der Waals surface area contributed by atoms with Crippen LogP contribution in [0.5, 0.6) is 5.75 Å². The van der Waals surface area contributed by atoms with Crippen LogP contribution in [-0.4, -0.2) is 38.0 Å². The number of imidazole rings is 1. The number of Topliss-reactive ketones (excluding diaryl/α,β-unsaturated/α-hetero) is 1. The van der Waals surface area contributed by atoms with Gasteiger partial charge in [-0.15, -0.1) is 0 Å². The Morgan fingerprint density at radius 2 is 1.70 bits per heavy atom. The molecule has 2 amide bonds. The second kappa shape index (κ2) is 11.4. The molecule has 0 fully saturated rings. The normalized spacial score (nSPS) is 11.1. The van der Waals surface area contributed by atoms with Crippen molar-refractivity contribution in [1.29, 1.82) is 0 Å². The Kier molecular flexibility index (Phi) is 7.99. The first kappa shape index (κ1) is 28.0. The van der Waals surface area contributed by atoms with E-state index in [9.17, 15) is 23.9 Å². The van der Waals surface area contributed by atoms with Gasteiger partial charge < -0.3 is 19.7 Å². The van der Waals surface area contributed by atoms with Crippen LogP contribution < -0.4 is 15.4 Å². The number of hydrogen-bond acceptors (Lipinski definition) is 5. The van der Waals surface area contributed by atoms with Crippen LogP contribution in [-0.2, 0) is 4.79 Å². The molecule has 0 atom stereocenters. The minimum atomic E-state index is -1.35. The number of nitrogens with one attached hydrogen (secondary N) is 2. The molecule has 206 valence electrons. The molecule has 0 saturated carbocycles. The summed E-state index contributed by atoms with van der Waals surface area (Å²) in [6.45, 7) is 7.32. The minimum Gasteiger partial charge on any atom is -0.487 e. The number of halogens is 1. The van der Waals surface area contributed by atoms with E-state index in [0.29, 0.717) is 22.4 Å². The number of nitrogens with zero attached hydrogens (tertiary/aromatic N) is 2. The van der Waals surface area contributed by atoms with Crippen molar-refractivity contribution < 1.29 is 28.6 Å². The molecule has 9 nitrogen and oxygen atoms in total. The topological polar surface area (TPSA) is 123 Å². The van der Waals surface area contributed by atoms with E-state index in [1.54, 1.807) is 42.7 Å². The quantitative estimate of drug-likeness (QED) is 0.173. The molecular weight excluding hydrogens is 515 g/mol. The number of carboxylic acid groups (broad SMARTS) is 1. The van der Waals surface area contributed by atoms with E-state index < -0.39 is 35.6 Å². The Morgan fingerprint density at radius 1 is 1.00 bits per heavy atom. The fourth-order valence-electron chi connectivity index (χ4n) is 4.09. The van der Waals surface area contributed by atoms with E-state index in [4.69, 9.17) is 4.74 Å². The molecule has 0 spiro atoms. The lowest BCUT2D eigenvalue weighted by atomic mass is 10.0. The molecule has 1 aromatic heterocycles. The number of hydrogen-bond donors (Lipinski definition) is 3. The molecule has 0 saturated heterocycles. The van der Waals surface area contributed by atoms with Crippen LogP contribution in [0.1, 0.15) is 43.4 Å². The number of aryl methyl sites for hydroxylation is 1. The highest BCUT2D eigenvalue weighted by atomic mass is 19.1. The van der Waals surface area contributed by atoms with E-state index in [-0.39, 0.29) is 11.4 Å². The van der Waals surface area contributed by atoms with Crippen molar-refractivity contribution in [3.63, 3.8) is 0 Å². The molecule has 1 heterocycles. The second-order valence-electron chi connectivity index (χ2n) is 10.1. The number of ether oxygens (including phenoxy) is 1. The summed E-state index contributed by atoms with van der Waals surface area (Å²) in [5, 5.41) is 14.3. The number of ketones is 1. The van der Waals surface area contributed by atoms with Crippen molar-refractivity contribution in [2.24, 2.45) is 0 Å². The Balaban J connectivity index is 1.64. The third-order valence-corrected chi connectivity index (χ3v) is 5.80. The summed E-state index contributed by atoms with van der Waals surface area (Å²) in [5.74, 6) is -0.417. The first-order chi connectivity index (χ1) is 18.9. The zero-order valence-electron chi connectivity index (χ0n) is 22.5. The van der Waals surface area contributed by atoms with Crippen molar-refractivity contribution in [3.05, 3.63) is 90.3 Å². The van der Waals surface area contributed by atoms with Crippen LogP contribution in [0.15, 0.2) is 73.1 Å². The van der Waals surface area contributed by atoms with Crippen molar-refractivity contribution in [3.8, 4) is 22.6 Å². The van der Waals surface area contributed by atoms with E-state index in [1.807, 2.05) is 38.3 Å². The fraction of sp³-hybridized carbons (Fsp3) is 0.200. The Morgan fingerprint density at radius 3 is 2.33 bits per heavy atom. The maximum absolute atomic E-state index is 13.6. The van der Waals surface area contributed by atoms with Gasteiger partial charge in [-0.2, -0.15) is 0 Å². The number of amides is 2. The van der Waals surface area contributed by atoms with E-state index in [1.165, 1.54) is 24.3 Å². The van der Waals surface area contributed by atoms with Crippen LogP contribution in [0.3, 0.4) is 0 Å². The van der Waals surface area contributed by atoms with Gasteiger partial charge in [0.1, 0.15) is 23.0 Å². The summed E-state index contributed by atoms with van der Waals surface area (Å²) in [4.78, 5) is 41.7. The maximum atomic E-state index is 13.6. The molecule has 0 unspecified atom stereocenters. The number of benzene rings is 3. The number of carbonyl (C=O) groups is 3. The number of carbonyl (C=O) groups excluding carboxylic acids is 2. The van der Waals surface area contributed by atoms with Crippen LogP contribution in [0, 0.1) is 12.7 Å². The molecule has 3 aromatic carbocycles. The molecule has 3 N–H and O–H groups in total. The van der Waals surface area contributed by atoms with E-state index in [0.717, 1.165) is 11.5 Å². The SMILES string of the molecule is Cc1nccn1-c1cccc(C(=O)CC(=O)Nc2cc(-c3ccc(F)cc3)c(OC(C)(C)C)cc2NC(=O)O)c1. The first-order valence-electron chi connectivity index (χ1n) is 12.5. The highest BCUT2D eigenvalue weighted by molar-refractivity contribution is 6.12. The number of rotatable bonds is 8. The van der Waals surface area contributed by atoms with E-state index >= 15 is 0 Å². The largest absolute Gasteiger partial charge is 0.487 e. The summed E-state index contributed by atoms with van der Waals surface area (Å²) in [6.07, 6.45) is 1.59. The first-order valence-corrected chi connectivity index (χ1v) is 12.5. The van der Waals surface area contributed by atoms with Crippen LogP contribution in [0.4, 0.5) is 20.6 Å². The van der Waals surface area contributed by atoms with Gasteiger partial charge in [-0.1, -0.05) is 24.3 Å². The van der Waals surface area contributed by atoms with Gasteiger partial charge in [0.05, 0.1) is 17.8 Å². The van der Waals surface area contributed by atoms with Gasteiger partial charge in [0.2, 0.25) is 5.91 Å².